The number of halogens is 3. The van der Waals surface area contributed by atoms with E-state index in [1.807, 2.05) is 18.2 Å². The first-order valence-corrected chi connectivity index (χ1v) is 5.95. The quantitative estimate of drug-likeness (QED) is 0.678. The van der Waals surface area contributed by atoms with Gasteiger partial charge in [0.05, 0.1) is 11.0 Å². The number of imidazole rings is 1. The number of hydrogen-bond acceptors (Lipinski definition) is 2. The zero-order chi connectivity index (χ0) is 14.3. The van der Waals surface area contributed by atoms with E-state index in [0.717, 1.165) is 17.1 Å². The number of nitrogens with zero attached hydrogens (tertiary/aromatic N) is 3. The van der Waals surface area contributed by atoms with Crippen LogP contribution in [0.5, 0.6) is 0 Å². The van der Waals surface area contributed by atoms with E-state index in [9.17, 15) is 13.2 Å². The lowest BCUT2D eigenvalue weighted by molar-refractivity contribution is -0.141. The molecular weight excluding hydrogens is 267 g/mol. The van der Waals surface area contributed by atoms with Crippen molar-refractivity contribution in [2.24, 2.45) is 0 Å². The summed E-state index contributed by atoms with van der Waals surface area (Å²) in [6, 6.07) is 11.1. The lowest BCUT2D eigenvalue weighted by atomic mass is 10.3. The molecule has 0 saturated heterocycles. The van der Waals surface area contributed by atoms with Crippen molar-refractivity contribution in [2.75, 3.05) is 0 Å². The molecule has 0 amide bonds. The summed E-state index contributed by atoms with van der Waals surface area (Å²) in [6.07, 6.45) is -4.46. The summed E-state index contributed by atoms with van der Waals surface area (Å²) in [6.45, 7) is 1.74. The number of fused-ring (bicyclic) bond motifs is 1. The second kappa shape index (κ2) is 4.33. The Balaban J connectivity index is 2.24. The maximum atomic E-state index is 12.7. The standard InChI is InChI=1S/C14H10F3N3/c1-9-18-10-5-2-3-6-11(10)20(9)13-8-4-7-12(19-13)14(15,16)17/h2-8H,1H3. The Morgan fingerprint density at radius 1 is 0.950 bits per heavy atom. The van der Waals surface area contributed by atoms with Gasteiger partial charge < -0.3 is 0 Å². The molecule has 3 aromatic rings. The Labute approximate surface area is 112 Å². The van der Waals surface area contributed by atoms with E-state index >= 15 is 0 Å². The Morgan fingerprint density at radius 3 is 2.45 bits per heavy atom. The minimum Gasteiger partial charge on any atom is -0.281 e. The van der Waals surface area contributed by atoms with Crippen molar-refractivity contribution in [1.29, 1.82) is 0 Å². The first-order chi connectivity index (χ1) is 9.47. The van der Waals surface area contributed by atoms with Gasteiger partial charge >= 0.3 is 6.18 Å². The molecule has 0 N–H and O–H groups in total. The number of rotatable bonds is 1. The van der Waals surface area contributed by atoms with Gasteiger partial charge in [-0.05, 0) is 31.2 Å². The second-order valence-corrected chi connectivity index (χ2v) is 4.36. The predicted molar refractivity (Wildman–Crippen MR) is 68.6 cm³/mol. The SMILES string of the molecule is Cc1nc2ccccc2n1-c1cccc(C(F)(F)F)n1. The molecular formula is C14H10F3N3. The van der Waals surface area contributed by atoms with Crippen LogP contribution in [0.4, 0.5) is 13.2 Å². The van der Waals surface area contributed by atoms with Gasteiger partial charge in [0, 0.05) is 0 Å². The lowest BCUT2D eigenvalue weighted by Gasteiger charge is -2.10. The third kappa shape index (κ3) is 2.03. The zero-order valence-corrected chi connectivity index (χ0v) is 10.5. The molecule has 2 heterocycles. The van der Waals surface area contributed by atoms with Crippen molar-refractivity contribution in [1.82, 2.24) is 14.5 Å². The average molecular weight is 277 g/mol. The van der Waals surface area contributed by atoms with Crippen molar-refractivity contribution < 1.29 is 13.2 Å². The Bertz CT molecular complexity index is 775. The van der Waals surface area contributed by atoms with Crippen LogP contribution in [0, 0.1) is 6.92 Å². The third-order valence-electron chi connectivity index (χ3n) is 2.98. The number of aromatic nitrogens is 3. The molecule has 20 heavy (non-hydrogen) atoms. The van der Waals surface area contributed by atoms with E-state index < -0.39 is 11.9 Å². The van der Waals surface area contributed by atoms with Crippen LogP contribution in [-0.4, -0.2) is 14.5 Å². The first kappa shape index (κ1) is 12.7. The monoisotopic (exact) mass is 277 g/mol. The van der Waals surface area contributed by atoms with Crippen LogP contribution in [0.1, 0.15) is 11.5 Å². The highest BCUT2D eigenvalue weighted by atomic mass is 19.4. The summed E-state index contributed by atoms with van der Waals surface area (Å²) < 4.78 is 39.8. The van der Waals surface area contributed by atoms with Gasteiger partial charge in [-0.1, -0.05) is 18.2 Å². The van der Waals surface area contributed by atoms with Crippen molar-refractivity contribution in [3.8, 4) is 5.82 Å². The Hall–Kier alpha value is -2.37. The van der Waals surface area contributed by atoms with Gasteiger partial charge in [-0.2, -0.15) is 13.2 Å². The molecule has 1 aromatic carbocycles. The molecule has 0 unspecified atom stereocenters. The first-order valence-electron chi connectivity index (χ1n) is 5.95. The summed E-state index contributed by atoms with van der Waals surface area (Å²) in [4.78, 5) is 8.02. The molecule has 0 saturated carbocycles. The lowest BCUT2D eigenvalue weighted by Crippen LogP contribution is -2.10. The number of para-hydroxylation sites is 2. The molecule has 0 atom stereocenters. The van der Waals surface area contributed by atoms with Crippen LogP contribution < -0.4 is 0 Å². The number of benzene rings is 1. The van der Waals surface area contributed by atoms with Gasteiger partial charge in [-0.25, -0.2) is 9.97 Å². The van der Waals surface area contributed by atoms with E-state index in [0.29, 0.717) is 5.82 Å². The van der Waals surface area contributed by atoms with Gasteiger partial charge in [0.25, 0.3) is 0 Å². The molecule has 0 fully saturated rings. The third-order valence-corrected chi connectivity index (χ3v) is 2.98. The molecule has 0 aliphatic rings. The van der Waals surface area contributed by atoms with Crippen LogP contribution >= 0.6 is 0 Å². The highest BCUT2D eigenvalue weighted by Crippen LogP contribution is 2.29. The highest BCUT2D eigenvalue weighted by Gasteiger charge is 2.32. The number of hydrogen-bond donors (Lipinski definition) is 0. The Kier molecular flexibility index (Phi) is 2.74. The van der Waals surface area contributed by atoms with Crippen LogP contribution in [0.3, 0.4) is 0 Å². The summed E-state index contributed by atoms with van der Waals surface area (Å²) in [7, 11) is 0. The highest BCUT2D eigenvalue weighted by molar-refractivity contribution is 5.77. The van der Waals surface area contributed by atoms with Gasteiger partial charge in [0.1, 0.15) is 17.3 Å². The zero-order valence-electron chi connectivity index (χ0n) is 10.5. The molecule has 102 valence electrons. The number of aryl methyl sites for hydroxylation is 1. The molecule has 0 spiro atoms. The number of pyridine rings is 1. The fourth-order valence-electron chi connectivity index (χ4n) is 2.14. The maximum absolute atomic E-state index is 12.7. The molecule has 0 aliphatic carbocycles. The van der Waals surface area contributed by atoms with Crippen LogP contribution in [-0.2, 0) is 6.18 Å². The summed E-state index contributed by atoms with van der Waals surface area (Å²) >= 11 is 0. The largest absolute Gasteiger partial charge is 0.433 e. The molecule has 3 nitrogen and oxygen atoms in total. The van der Waals surface area contributed by atoms with Gasteiger partial charge in [-0.15, -0.1) is 0 Å². The predicted octanol–water partition coefficient (Wildman–Crippen LogP) is 3.75. The van der Waals surface area contributed by atoms with E-state index in [1.54, 1.807) is 17.6 Å². The second-order valence-electron chi connectivity index (χ2n) is 4.36. The minimum absolute atomic E-state index is 0.214. The van der Waals surface area contributed by atoms with Crippen LogP contribution in [0.2, 0.25) is 0 Å². The fourth-order valence-corrected chi connectivity index (χ4v) is 2.14. The minimum atomic E-state index is -4.46. The molecule has 0 aliphatic heterocycles. The van der Waals surface area contributed by atoms with Crippen molar-refractivity contribution in [2.45, 2.75) is 13.1 Å². The van der Waals surface area contributed by atoms with Crippen molar-refractivity contribution in [3.63, 3.8) is 0 Å². The van der Waals surface area contributed by atoms with Crippen LogP contribution in [0.15, 0.2) is 42.5 Å². The van der Waals surface area contributed by atoms with Gasteiger partial charge in [-0.3, -0.25) is 4.57 Å². The summed E-state index contributed by atoms with van der Waals surface area (Å²) in [5.74, 6) is 0.809. The summed E-state index contributed by atoms with van der Waals surface area (Å²) in [5, 5.41) is 0. The molecule has 2 aromatic heterocycles. The van der Waals surface area contributed by atoms with Crippen molar-refractivity contribution in [3.05, 3.63) is 54.0 Å². The topological polar surface area (TPSA) is 30.7 Å². The molecule has 6 heteroatoms. The number of alkyl halides is 3. The van der Waals surface area contributed by atoms with E-state index in [-0.39, 0.29) is 5.82 Å². The molecule has 3 rings (SSSR count). The normalized spacial score (nSPS) is 12.0. The van der Waals surface area contributed by atoms with E-state index in [4.69, 9.17) is 0 Å². The van der Waals surface area contributed by atoms with Gasteiger partial charge in [0.15, 0.2) is 0 Å². The molecule has 0 radical (unpaired) electrons. The van der Waals surface area contributed by atoms with E-state index in [2.05, 4.69) is 9.97 Å². The fraction of sp³-hybridized carbons (Fsp3) is 0.143. The maximum Gasteiger partial charge on any atom is 0.433 e. The average Bonchev–Trinajstić information content (AvgIpc) is 2.73. The Morgan fingerprint density at radius 2 is 1.70 bits per heavy atom. The van der Waals surface area contributed by atoms with E-state index in [1.165, 1.54) is 12.1 Å². The molecule has 0 bridgehead atoms. The summed E-state index contributed by atoms with van der Waals surface area (Å²) in [5.41, 5.74) is 0.549. The van der Waals surface area contributed by atoms with Crippen molar-refractivity contribution >= 4 is 11.0 Å². The smallest absolute Gasteiger partial charge is 0.281 e. The van der Waals surface area contributed by atoms with Crippen LogP contribution in [0.25, 0.3) is 16.9 Å². The van der Waals surface area contributed by atoms with Gasteiger partial charge in [0.2, 0.25) is 0 Å².